The Kier molecular flexibility index (Phi) is 12.2. The maximum atomic E-state index is 5.01. The fourth-order valence-electron chi connectivity index (χ4n) is 0.516. The van der Waals surface area contributed by atoms with Crippen molar-refractivity contribution in [2.75, 3.05) is 26.3 Å². The fraction of sp³-hybridized carbons (Fsp3) is 1.00. The Labute approximate surface area is 76.3 Å². The van der Waals surface area contributed by atoms with Crippen LogP contribution in [0.3, 0.4) is 0 Å². The zero-order valence-electron chi connectivity index (χ0n) is 4.82. The number of rotatable bonds is 0. The van der Waals surface area contributed by atoms with Crippen LogP contribution in [0.1, 0.15) is 0 Å². The van der Waals surface area contributed by atoms with Crippen LogP contribution in [0.4, 0.5) is 0 Å². The van der Waals surface area contributed by atoms with Gasteiger partial charge in [-0.15, -0.1) is 0 Å². The summed E-state index contributed by atoms with van der Waals surface area (Å²) in [4.78, 5) is 0. The zero-order chi connectivity index (χ0) is 4.24. The normalized spacial score (nSPS) is 18.0. The van der Waals surface area contributed by atoms with Crippen molar-refractivity contribution in [2.45, 2.75) is 0 Å². The first-order valence-electron chi connectivity index (χ1n) is 2.28. The molecule has 1 rings (SSSR count). The molecule has 0 aromatic rings. The fourth-order valence-corrected chi connectivity index (χ4v) is 0.516. The Hall–Kier alpha value is 1.17. The van der Waals surface area contributed by atoms with Crippen LogP contribution in [0.15, 0.2) is 0 Å². The van der Waals surface area contributed by atoms with E-state index in [0.29, 0.717) is 0 Å². The molecule has 0 unspecified atom stereocenters. The Morgan fingerprint density at radius 1 is 1.12 bits per heavy atom. The molecule has 1 aliphatic rings. The van der Waals surface area contributed by atoms with E-state index in [2.05, 4.69) is 5.32 Å². The minimum Gasteiger partial charge on any atom is -1.00 e. The third-order valence-corrected chi connectivity index (χ3v) is 0.846. The largest absolute Gasteiger partial charge is 2.00 e. The molecule has 0 aromatic heterocycles. The molecule has 0 saturated carbocycles. The molecule has 0 atom stereocenters. The average Bonchev–Trinajstić information content (AvgIpc) is 1.72. The smallest absolute Gasteiger partial charge is 1.00 e. The second-order valence-corrected chi connectivity index (χ2v) is 1.36. The summed E-state index contributed by atoms with van der Waals surface area (Å²) in [5.74, 6) is 0. The van der Waals surface area contributed by atoms with Crippen LogP contribution in [0.5, 0.6) is 0 Å². The minimum absolute atomic E-state index is 0. The molecule has 1 aliphatic heterocycles. The molecule has 8 heavy (non-hydrogen) atoms. The van der Waals surface area contributed by atoms with Crippen LogP contribution in [0.25, 0.3) is 0 Å². The van der Waals surface area contributed by atoms with Crippen LogP contribution in [0.2, 0.25) is 0 Å². The summed E-state index contributed by atoms with van der Waals surface area (Å²) < 4.78 is 5.01. The minimum atomic E-state index is 0. The molecule has 1 N–H and O–H groups in total. The number of morpholine rings is 1. The molecule has 0 aliphatic carbocycles. The molecule has 4 heteroatoms. The van der Waals surface area contributed by atoms with E-state index in [1.165, 1.54) is 0 Å². The summed E-state index contributed by atoms with van der Waals surface area (Å²) in [6, 6.07) is 0. The summed E-state index contributed by atoms with van der Waals surface area (Å²) in [5, 5.41) is 3.16. The first-order valence-corrected chi connectivity index (χ1v) is 2.28. The predicted octanol–water partition coefficient (Wildman–Crippen LogP) is -3.77. The number of hydrogen-bond donors (Lipinski definition) is 1. The van der Waals surface area contributed by atoms with E-state index in [1.807, 2.05) is 0 Å². The average molecular weight is 191 g/mol. The van der Waals surface area contributed by atoms with Gasteiger partial charge in [-0.3, -0.25) is 0 Å². The summed E-state index contributed by atoms with van der Waals surface area (Å²) in [7, 11) is 0. The van der Waals surface area contributed by atoms with Gasteiger partial charge in [0.05, 0.1) is 13.2 Å². The van der Waals surface area contributed by atoms with Gasteiger partial charge in [0.1, 0.15) is 0 Å². The third kappa shape index (κ3) is 5.31. The van der Waals surface area contributed by atoms with Gasteiger partial charge in [-0.25, -0.2) is 0 Å². The van der Waals surface area contributed by atoms with Crippen LogP contribution in [0, 0.1) is 0 Å². The maximum absolute atomic E-state index is 5.01. The molecular formula is C4H9BrMgNO+. The maximum Gasteiger partial charge on any atom is 2.00 e. The van der Waals surface area contributed by atoms with Gasteiger partial charge in [0.2, 0.25) is 0 Å². The van der Waals surface area contributed by atoms with Crippen LogP contribution in [-0.4, -0.2) is 49.4 Å². The van der Waals surface area contributed by atoms with Gasteiger partial charge in [0, 0.05) is 13.1 Å². The summed E-state index contributed by atoms with van der Waals surface area (Å²) in [6.45, 7) is 3.83. The quantitative estimate of drug-likeness (QED) is 0.397. The van der Waals surface area contributed by atoms with E-state index in [4.69, 9.17) is 4.74 Å². The molecule has 2 nitrogen and oxygen atoms in total. The standard InChI is InChI=1S/C4H9NO.BrH.Mg/c1-3-6-4-2-5-1;;/h5H,1-4H2;1H;/q;;+2/p-1. The Balaban J connectivity index is 0. The van der Waals surface area contributed by atoms with Gasteiger partial charge < -0.3 is 27.0 Å². The van der Waals surface area contributed by atoms with E-state index in [1.54, 1.807) is 0 Å². The first kappa shape index (κ1) is 11.9. The van der Waals surface area contributed by atoms with Gasteiger partial charge in [0.25, 0.3) is 0 Å². The number of nitrogens with one attached hydrogen (secondary N) is 1. The molecule has 1 heterocycles. The Morgan fingerprint density at radius 3 is 1.75 bits per heavy atom. The van der Waals surface area contributed by atoms with Crippen LogP contribution in [-0.2, 0) is 4.74 Å². The molecule has 0 spiro atoms. The molecule has 0 aromatic carbocycles. The molecule has 44 valence electrons. The molecular weight excluding hydrogens is 182 g/mol. The van der Waals surface area contributed by atoms with Crippen molar-refractivity contribution in [3.05, 3.63) is 0 Å². The molecule has 0 radical (unpaired) electrons. The summed E-state index contributed by atoms with van der Waals surface area (Å²) >= 11 is 0. The van der Waals surface area contributed by atoms with Crippen molar-refractivity contribution in [3.63, 3.8) is 0 Å². The zero-order valence-corrected chi connectivity index (χ0v) is 7.82. The Bertz CT molecular complexity index is 31.5. The van der Waals surface area contributed by atoms with Gasteiger partial charge in [0.15, 0.2) is 0 Å². The molecule has 1 saturated heterocycles. The van der Waals surface area contributed by atoms with E-state index in [9.17, 15) is 0 Å². The van der Waals surface area contributed by atoms with Crippen molar-refractivity contribution in [1.29, 1.82) is 0 Å². The molecule has 0 amide bonds. The number of halogens is 1. The Morgan fingerprint density at radius 2 is 1.62 bits per heavy atom. The predicted molar refractivity (Wildman–Crippen MR) is 29.4 cm³/mol. The van der Waals surface area contributed by atoms with Crippen LogP contribution < -0.4 is 22.3 Å². The van der Waals surface area contributed by atoms with E-state index in [-0.39, 0.29) is 40.0 Å². The summed E-state index contributed by atoms with van der Waals surface area (Å²) in [6.07, 6.45) is 0. The van der Waals surface area contributed by atoms with Gasteiger partial charge in [-0.2, -0.15) is 0 Å². The van der Waals surface area contributed by atoms with Gasteiger partial charge in [-0.1, -0.05) is 0 Å². The van der Waals surface area contributed by atoms with Crippen molar-refractivity contribution >= 4 is 23.1 Å². The second kappa shape index (κ2) is 8.17. The van der Waals surface area contributed by atoms with E-state index < -0.39 is 0 Å². The first-order chi connectivity index (χ1) is 3.00. The topological polar surface area (TPSA) is 21.3 Å². The van der Waals surface area contributed by atoms with Gasteiger partial charge >= 0.3 is 23.1 Å². The number of ether oxygens (including phenoxy) is 1. The second-order valence-electron chi connectivity index (χ2n) is 1.36. The van der Waals surface area contributed by atoms with E-state index in [0.717, 1.165) is 26.3 Å². The molecule has 1 fully saturated rings. The summed E-state index contributed by atoms with van der Waals surface area (Å²) in [5.41, 5.74) is 0. The van der Waals surface area contributed by atoms with Crippen molar-refractivity contribution in [1.82, 2.24) is 5.32 Å². The van der Waals surface area contributed by atoms with Crippen LogP contribution >= 0.6 is 0 Å². The molecule has 0 bridgehead atoms. The van der Waals surface area contributed by atoms with Gasteiger partial charge in [-0.05, 0) is 0 Å². The van der Waals surface area contributed by atoms with Crippen molar-refractivity contribution in [3.8, 4) is 0 Å². The van der Waals surface area contributed by atoms with E-state index >= 15 is 0 Å². The van der Waals surface area contributed by atoms with Crippen molar-refractivity contribution < 1.29 is 21.7 Å². The monoisotopic (exact) mass is 190 g/mol. The van der Waals surface area contributed by atoms with Crippen molar-refractivity contribution in [2.24, 2.45) is 0 Å². The SMILES string of the molecule is C1COCCN1.[Br-].[Mg+2]. The third-order valence-electron chi connectivity index (χ3n) is 0.846. The number of hydrogen-bond acceptors (Lipinski definition) is 2.